The highest BCUT2D eigenvalue weighted by Crippen LogP contribution is 2.49. The highest BCUT2D eigenvalue weighted by molar-refractivity contribution is 6.70. The van der Waals surface area contributed by atoms with Gasteiger partial charge < -0.3 is 9.47 Å². The normalized spacial score (nSPS) is 22.6. The van der Waals surface area contributed by atoms with E-state index < -0.39 is 15.2 Å². The number of cyclic esters (lactones) is 2. The Balaban J connectivity index is 2.65. The third-order valence-electron chi connectivity index (χ3n) is 0.768. The smallest absolute Gasteiger partial charge is 0.372 e. The number of carbonyl (C=O) groups is 1. The van der Waals surface area contributed by atoms with Crippen LogP contribution in [0.3, 0.4) is 0 Å². The molecule has 0 N–H and O–H groups in total. The first-order valence-corrected chi connectivity index (χ1v) is 3.54. The van der Waals surface area contributed by atoms with Crippen molar-refractivity contribution in [1.82, 2.24) is 0 Å². The van der Waals surface area contributed by atoms with Gasteiger partial charge in [0.1, 0.15) is 0 Å². The average molecular weight is 226 g/mol. The van der Waals surface area contributed by atoms with Crippen molar-refractivity contribution >= 4 is 52.6 Å². The minimum atomic E-state index is -1.97. The van der Waals surface area contributed by atoms with Gasteiger partial charge in [-0.1, -0.05) is 34.8 Å². The molecule has 0 saturated carbocycles. The molecule has 3 nitrogen and oxygen atoms in total. The van der Waals surface area contributed by atoms with Gasteiger partial charge in [0.05, 0.1) is 0 Å². The van der Waals surface area contributed by atoms with Gasteiger partial charge in [-0.3, -0.25) is 0 Å². The molecule has 0 aromatic heterocycles. The number of hydrogen-bond acceptors (Lipinski definition) is 3. The van der Waals surface area contributed by atoms with Crippen molar-refractivity contribution in [2.75, 3.05) is 0 Å². The summed E-state index contributed by atoms with van der Waals surface area (Å²) in [5.41, 5.74) is 0. The molecule has 1 rings (SSSR count). The summed E-state index contributed by atoms with van der Waals surface area (Å²) in [6.07, 6.45) is -0.957. The Labute approximate surface area is 76.1 Å². The zero-order valence-electron chi connectivity index (χ0n) is 4.24. The number of halogens is 4. The Hall–Kier alpha value is 0.430. The molecule has 0 aliphatic carbocycles. The molecule has 10 heavy (non-hydrogen) atoms. The Kier molecular flexibility index (Phi) is 1.88. The first kappa shape index (κ1) is 8.53. The second kappa shape index (κ2) is 2.21. The zero-order valence-corrected chi connectivity index (χ0v) is 7.26. The Morgan fingerprint density at radius 3 is 1.80 bits per heavy atom. The molecular weight excluding hydrogens is 226 g/mol. The summed E-state index contributed by atoms with van der Waals surface area (Å²) >= 11 is 21.0. The first-order valence-electron chi connectivity index (χ1n) is 2.03. The molecule has 0 spiro atoms. The maximum Gasteiger partial charge on any atom is 0.517 e. The van der Waals surface area contributed by atoms with Crippen LogP contribution in [0.5, 0.6) is 0 Å². The van der Waals surface area contributed by atoms with Gasteiger partial charge in [0, 0.05) is 0 Å². The molecule has 0 bridgehead atoms. The molecule has 1 saturated heterocycles. The van der Waals surface area contributed by atoms with E-state index >= 15 is 0 Å². The summed E-state index contributed by atoms with van der Waals surface area (Å²) in [6.45, 7) is 0. The van der Waals surface area contributed by atoms with Crippen LogP contribution in [0.25, 0.3) is 0 Å². The van der Waals surface area contributed by atoms with Gasteiger partial charge in [-0.2, -0.15) is 0 Å². The molecule has 1 fully saturated rings. The summed E-state index contributed by atoms with van der Waals surface area (Å²) in [5.74, 6) is 0. The molecule has 58 valence electrons. The lowest BCUT2D eigenvalue weighted by atomic mass is 10.6. The number of hydrogen-bond donors (Lipinski definition) is 0. The molecule has 0 atom stereocenters. The lowest BCUT2D eigenvalue weighted by Gasteiger charge is -2.37. The summed E-state index contributed by atoms with van der Waals surface area (Å²) < 4.78 is 6.43. The van der Waals surface area contributed by atoms with Crippen molar-refractivity contribution in [3.8, 4) is 0 Å². The standard InChI is InChI=1S/C3Cl4O3/c4-2(5,6)3(7)9-1(8)10-3. The summed E-state index contributed by atoms with van der Waals surface area (Å²) in [4.78, 5) is 10.1. The summed E-state index contributed by atoms with van der Waals surface area (Å²) in [5, 5.41) is -1.95. The van der Waals surface area contributed by atoms with E-state index in [-0.39, 0.29) is 0 Å². The molecule has 1 aliphatic rings. The summed E-state index contributed by atoms with van der Waals surface area (Å²) in [6, 6.07) is 0. The monoisotopic (exact) mass is 224 g/mol. The molecule has 1 aliphatic heterocycles. The molecular formula is C3Cl4O3. The first-order chi connectivity index (χ1) is 4.35. The van der Waals surface area contributed by atoms with Crippen molar-refractivity contribution in [3.63, 3.8) is 0 Å². The van der Waals surface area contributed by atoms with Gasteiger partial charge >= 0.3 is 11.4 Å². The van der Waals surface area contributed by atoms with E-state index in [1.165, 1.54) is 0 Å². The predicted molar refractivity (Wildman–Crippen MR) is 36.4 cm³/mol. The van der Waals surface area contributed by atoms with Gasteiger partial charge in [-0.25, -0.2) is 4.79 Å². The molecule has 0 unspecified atom stereocenters. The highest BCUT2D eigenvalue weighted by atomic mass is 35.6. The fraction of sp³-hybridized carbons (Fsp3) is 0.667. The molecule has 0 aromatic carbocycles. The zero-order chi connectivity index (χ0) is 7.99. The number of ether oxygens (including phenoxy) is 2. The Bertz CT molecular complexity index is 165. The third kappa shape index (κ3) is 1.23. The van der Waals surface area contributed by atoms with Crippen molar-refractivity contribution in [2.45, 2.75) is 9.04 Å². The summed E-state index contributed by atoms with van der Waals surface area (Å²) in [7, 11) is 0. The van der Waals surface area contributed by atoms with Crippen LogP contribution in [0.15, 0.2) is 0 Å². The topological polar surface area (TPSA) is 35.5 Å². The van der Waals surface area contributed by atoms with Gasteiger partial charge in [-0.05, 0) is 11.6 Å². The minimum Gasteiger partial charge on any atom is -0.372 e. The maximum atomic E-state index is 10.1. The minimum absolute atomic E-state index is 0.957. The third-order valence-corrected chi connectivity index (χ3v) is 2.24. The van der Waals surface area contributed by atoms with Crippen LogP contribution in [0, 0.1) is 0 Å². The average Bonchev–Trinajstić information content (AvgIpc) is 1.58. The van der Waals surface area contributed by atoms with Crippen LogP contribution >= 0.6 is 46.4 Å². The lowest BCUT2D eigenvalue weighted by Crippen LogP contribution is -2.54. The SMILES string of the molecule is O=C1OC(Cl)(C(Cl)(Cl)Cl)O1. The van der Waals surface area contributed by atoms with E-state index in [2.05, 4.69) is 9.47 Å². The van der Waals surface area contributed by atoms with Gasteiger partial charge in [-0.15, -0.1) is 0 Å². The Morgan fingerprint density at radius 2 is 1.70 bits per heavy atom. The second-order valence-electron chi connectivity index (χ2n) is 1.49. The molecule has 0 aromatic rings. The van der Waals surface area contributed by atoms with E-state index in [1.807, 2.05) is 0 Å². The van der Waals surface area contributed by atoms with Crippen molar-refractivity contribution in [2.24, 2.45) is 0 Å². The van der Waals surface area contributed by atoms with Gasteiger partial charge in [0.25, 0.3) is 3.79 Å². The molecule has 0 radical (unpaired) electrons. The lowest BCUT2D eigenvalue weighted by molar-refractivity contribution is -0.212. The van der Waals surface area contributed by atoms with E-state index in [1.54, 1.807) is 0 Å². The Morgan fingerprint density at radius 1 is 1.30 bits per heavy atom. The van der Waals surface area contributed by atoms with Crippen LogP contribution in [0.2, 0.25) is 0 Å². The fourth-order valence-electron chi connectivity index (χ4n) is 0.338. The predicted octanol–water partition coefficient (Wildman–Crippen LogP) is 2.42. The number of alkyl halides is 4. The van der Waals surface area contributed by atoms with E-state index in [0.717, 1.165) is 0 Å². The van der Waals surface area contributed by atoms with Crippen molar-refractivity contribution in [3.05, 3.63) is 0 Å². The molecule has 0 amide bonds. The van der Waals surface area contributed by atoms with Crippen molar-refractivity contribution in [1.29, 1.82) is 0 Å². The molecule has 1 heterocycles. The maximum absolute atomic E-state index is 10.1. The number of rotatable bonds is 0. The van der Waals surface area contributed by atoms with Gasteiger partial charge in [0.2, 0.25) is 0 Å². The van der Waals surface area contributed by atoms with Crippen molar-refractivity contribution < 1.29 is 14.3 Å². The van der Waals surface area contributed by atoms with Crippen LogP contribution in [0.4, 0.5) is 4.79 Å². The van der Waals surface area contributed by atoms with Gasteiger partial charge in [0.15, 0.2) is 0 Å². The van der Waals surface area contributed by atoms with Crippen LogP contribution in [0.1, 0.15) is 0 Å². The largest absolute Gasteiger partial charge is 0.517 e. The van der Waals surface area contributed by atoms with Crippen LogP contribution in [-0.2, 0) is 9.47 Å². The van der Waals surface area contributed by atoms with Crippen LogP contribution < -0.4 is 0 Å². The van der Waals surface area contributed by atoms with Crippen LogP contribution in [-0.4, -0.2) is 15.2 Å². The quantitative estimate of drug-likeness (QED) is 0.469. The highest BCUT2D eigenvalue weighted by Gasteiger charge is 2.62. The number of carbonyl (C=O) groups excluding carboxylic acids is 1. The second-order valence-corrected chi connectivity index (χ2v) is 4.27. The molecule has 7 heteroatoms. The van der Waals surface area contributed by atoms with E-state index in [4.69, 9.17) is 46.4 Å². The van der Waals surface area contributed by atoms with E-state index in [0.29, 0.717) is 0 Å². The van der Waals surface area contributed by atoms with E-state index in [9.17, 15) is 4.79 Å². The fourth-order valence-corrected chi connectivity index (χ4v) is 0.695.